The molecule has 0 unspecified atom stereocenters. The van der Waals surface area contributed by atoms with Crippen LogP contribution in [0.5, 0.6) is 0 Å². The van der Waals surface area contributed by atoms with Crippen molar-refractivity contribution in [2.24, 2.45) is 16.9 Å². The number of nitrogens with one attached hydrogen (secondary N) is 4. The Bertz CT molecular complexity index is 1160. The molecule has 0 spiro atoms. The third-order valence-electron chi connectivity index (χ3n) is 8.87. The van der Waals surface area contributed by atoms with Crippen molar-refractivity contribution < 1.29 is 24.3 Å². The van der Waals surface area contributed by atoms with E-state index in [1.807, 2.05) is 28.7 Å². The molecule has 15 heteroatoms. The Labute approximate surface area is 236 Å². The van der Waals surface area contributed by atoms with Crippen LogP contribution in [0.1, 0.15) is 33.1 Å². The van der Waals surface area contributed by atoms with Gasteiger partial charge in [0.2, 0.25) is 17.7 Å². The Hall–Kier alpha value is -2.88. The maximum atomic E-state index is 13.3. The number of hydrazine groups is 2. The predicted molar refractivity (Wildman–Crippen MR) is 146 cm³/mol. The number of amides is 3. The summed E-state index contributed by atoms with van der Waals surface area (Å²) in [5.41, 5.74) is 5.69. The number of β-lactam (4-membered cyclic amide) rings is 1. The lowest BCUT2D eigenvalue weighted by molar-refractivity contribution is -0.158. The number of piperazine rings is 1. The summed E-state index contributed by atoms with van der Waals surface area (Å²) in [7, 11) is 0. The Morgan fingerprint density at radius 2 is 1.98 bits per heavy atom. The number of carbonyl (C=O) groups excluding carboxylic acids is 3. The maximum absolute atomic E-state index is 13.3. The molecular weight excluding hydrogens is 538 g/mol. The highest BCUT2D eigenvalue weighted by atomic mass is 32.2. The Balaban J connectivity index is 1.07. The van der Waals surface area contributed by atoms with Crippen LogP contribution < -0.4 is 21.7 Å². The minimum Gasteiger partial charge on any atom is -0.477 e. The molecule has 0 radical (unpaired) electrons. The predicted octanol–water partition coefficient (Wildman–Crippen LogP) is -1.70. The topological polar surface area (TPSA) is 162 Å². The van der Waals surface area contributed by atoms with E-state index in [0.717, 1.165) is 31.8 Å². The number of nitrogens with zero attached hydrogens (tertiary/aromatic N) is 5. The molecule has 6 aliphatic heterocycles. The Morgan fingerprint density at radius 3 is 2.73 bits per heavy atom. The van der Waals surface area contributed by atoms with Crippen molar-refractivity contribution in [1.82, 2.24) is 41.4 Å². The van der Waals surface area contributed by atoms with Gasteiger partial charge in [-0.2, -0.15) is 0 Å². The van der Waals surface area contributed by atoms with Crippen molar-refractivity contribution in [3.63, 3.8) is 0 Å². The third-order valence-corrected chi connectivity index (χ3v) is 10.4. The first-order valence-electron chi connectivity index (χ1n) is 14.1. The van der Waals surface area contributed by atoms with Gasteiger partial charge in [-0.25, -0.2) is 10.3 Å². The van der Waals surface area contributed by atoms with E-state index in [1.54, 1.807) is 0 Å². The van der Waals surface area contributed by atoms with Gasteiger partial charge in [0.05, 0.1) is 37.6 Å². The van der Waals surface area contributed by atoms with Gasteiger partial charge >= 0.3 is 5.97 Å². The monoisotopic (exact) mass is 575 g/mol. The largest absolute Gasteiger partial charge is 0.477 e. The number of thioether (sulfide) groups is 1. The lowest BCUT2D eigenvalue weighted by Crippen LogP contribution is -2.66. The number of fused-ring (bicyclic) bond motifs is 2. The average molecular weight is 576 g/mol. The van der Waals surface area contributed by atoms with E-state index in [2.05, 4.69) is 26.8 Å². The van der Waals surface area contributed by atoms with Crippen LogP contribution in [0.15, 0.2) is 15.7 Å². The summed E-state index contributed by atoms with van der Waals surface area (Å²) in [6.45, 7) is 8.10. The highest BCUT2D eigenvalue weighted by Gasteiger charge is 2.60. The number of hydrazone groups is 1. The normalized spacial score (nSPS) is 32.5. The van der Waals surface area contributed by atoms with Crippen molar-refractivity contribution in [3.8, 4) is 0 Å². The molecule has 6 heterocycles. The summed E-state index contributed by atoms with van der Waals surface area (Å²) < 4.78 is 0. The second kappa shape index (κ2) is 10.8. The van der Waals surface area contributed by atoms with Crippen LogP contribution in [0.4, 0.5) is 0 Å². The van der Waals surface area contributed by atoms with Gasteiger partial charge in [-0.15, -0.1) is 22.4 Å². The van der Waals surface area contributed by atoms with Gasteiger partial charge in [0.15, 0.2) is 5.84 Å². The fourth-order valence-corrected chi connectivity index (χ4v) is 8.32. The van der Waals surface area contributed by atoms with Crippen LogP contribution in [0, 0.1) is 11.8 Å². The molecule has 5 N–H and O–H groups in total. The first kappa shape index (κ1) is 27.3. The van der Waals surface area contributed by atoms with Crippen molar-refractivity contribution in [3.05, 3.63) is 10.6 Å². The number of amidine groups is 1. The number of likely N-dealkylation sites (tertiary alicyclic amines) is 1. The van der Waals surface area contributed by atoms with Gasteiger partial charge in [-0.05, 0) is 26.2 Å². The molecule has 40 heavy (non-hydrogen) atoms. The maximum Gasteiger partial charge on any atom is 0.353 e. The summed E-state index contributed by atoms with van der Waals surface area (Å²) in [6, 6.07) is -1.01. The molecule has 0 aromatic carbocycles. The molecule has 3 amide bonds. The summed E-state index contributed by atoms with van der Waals surface area (Å²) in [5.74, 6) is -1.30. The van der Waals surface area contributed by atoms with Crippen molar-refractivity contribution >= 4 is 41.3 Å². The number of hydrogen-bond acceptors (Lipinski definition) is 11. The lowest BCUT2D eigenvalue weighted by atomic mass is 9.78. The molecule has 0 aromatic heterocycles. The summed E-state index contributed by atoms with van der Waals surface area (Å²) in [6.07, 6.45) is 2.71. The smallest absolute Gasteiger partial charge is 0.353 e. The first-order valence-corrected chi connectivity index (χ1v) is 15.0. The molecule has 6 rings (SSSR count). The van der Waals surface area contributed by atoms with E-state index in [1.165, 1.54) is 16.7 Å². The fraction of sp³-hybridized carbons (Fsp3) is 0.720. The molecule has 4 fully saturated rings. The zero-order chi connectivity index (χ0) is 28.1. The lowest BCUT2D eigenvalue weighted by Gasteiger charge is -2.47. The molecule has 0 bridgehead atoms. The van der Waals surface area contributed by atoms with E-state index < -0.39 is 17.9 Å². The van der Waals surface area contributed by atoms with Gasteiger partial charge < -0.3 is 25.5 Å². The van der Waals surface area contributed by atoms with Gasteiger partial charge in [0.1, 0.15) is 5.70 Å². The number of carboxylic acids is 1. The van der Waals surface area contributed by atoms with Crippen molar-refractivity contribution in [2.75, 3.05) is 45.8 Å². The molecule has 0 saturated carbocycles. The highest BCUT2D eigenvalue weighted by molar-refractivity contribution is 8.03. The summed E-state index contributed by atoms with van der Waals surface area (Å²) in [4.78, 5) is 57.3. The first-order chi connectivity index (χ1) is 19.2. The number of aliphatic carboxylic acids is 1. The fourth-order valence-electron chi connectivity index (χ4n) is 6.84. The van der Waals surface area contributed by atoms with E-state index in [0.29, 0.717) is 37.5 Å². The van der Waals surface area contributed by atoms with Gasteiger partial charge in [0, 0.05) is 48.3 Å². The zero-order valence-electron chi connectivity index (χ0n) is 22.8. The van der Waals surface area contributed by atoms with E-state index in [-0.39, 0.29) is 53.2 Å². The van der Waals surface area contributed by atoms with Crippen LogP contribution in [0.2, 0.25) is 0 Å². The summed E-state index contributed by atoms with van der Waals surface area (Å²) >= 11 is 1.48. The molecule has 6 atom stereocenters. The summed E-state index contributed by atoms with van der Waals surface area (Å²) in [5, 5.41) is 22.5. The van der Waals surface area contributed by atoms with Crippen LogP contribution in [-0.2, 0) is 19.2 Å². The molecular formula is C25H37N9O5S. The van der Waals surface area contributed by atoms with Gasteiger partial charge in [-0.3, -0.25) is 24.3 Å². The molecule has 6 aliphatic rings. The van der Waals surface area contributed by atoms with Crippen molar-refractivity contribution in [2.45, 2.75) is 56.5 Å². The van der Waals surface area contributed by atoms with E-state index >= 15 is 0 Å². The van der Waals surface area contributed by atoms with Crippen LogP contribution >= 0.6 is 11.8 Å². The van der Waals surface area contributed by atoms with Gasteiger partial charge in [-0.1, -0.05) is 6.92 Å². The number of carboxylic acid groups (broad SMARTS) is 1. The van der Waals surface area contributed by atoms with E-state index in [4.69, 9.17) is 0 Å². The Morgan fingerprint density at radius 1 is 1.20 bits per heavy atom. The quantitative estimate of drug-likeness (QED) is 0.210. The van der Waals surface area contributed by atoms with Crippen LogP contribution in [0.25, 0.3) is 0 Å². The molecule has 4 saturated heterocycles. The average Bonchev–Trinajstić information content (AvgIpc) is 3.71. The van der Waals surface area contributed by atoms with Crippen LogP contribution in [-0.4, -0.2) is 124 Å². The van der Waals surface area contributed by atoms with Gasteiger partial charge in [0.25, 0.3) is 0 Å². The van der Waals surface area contributed by atoms with E-state index in [9.17, 15) is 24.3 Å². The SMILES string of the molecule is C[C@@H](NC(=O)CN1CCN2NNN=C2C1)[C@H]1C(=O)N2C(C(=O)O)=C(S[C@@H]3CN[C@H](C(=O)N4CCCC4)C3)[C@H](C)[C@H]12. The Kier molecular flexibility index (Phi) is 7.39. The number of hydrogen-bond donors (Lipinski definition) is 5. The zero-order valence-corrected chi connectivity index (χ0v) is 23.6. The molecule has 0 aliphatic carbocycles. The third kappa shape index (κ3) is 4.82. The highest BCUT2D eigenvalue weighted by Crippen LogP contribution is 2.51. The molecule has 218 valence electrons. The number of carbonyl (C=O) groups is 4. The minimum absolute atomic E-state index is 0.0445. The number of rotatable bonds is 8. The van der Waals surface area contributed by atoms with Crippen molar-refractivity contribution in [1.29, 1.82) is 0 Å². The minimum atomic E-state index is -1.12. The standard InChI is InChI=1S/C25H37N9O5S/c1-13-20-19(14(2)27-18(35)12-31-7-8-33-17(11-31)28-29-30-33)24(37)34(20)21(25(38)39)22(13)40-15-9-16(26-10-15)23(36)32-5-3-4-6-32/h13-16,19-20,26,29-30H,3-12H2,1-2H3,(H,27,35)(H,38,39)/t13-,14-,15+,16+,19-,20-/m1/s1. The molecule has 0 aromatic rings. The molecule has 14 nitrogen and oxygen atoms in total. The second-order valence-electron chi connectivity index (χ2n) is 11.5. The van der Waals surface area contributed by atoms with Crippen LogP contribution in [0.3, 0.4) is 0 Å². The second-order valence-corrected chi connectivity index (χ2v) is 12.8.